The molecule has 2 N–H and O–H groups in total. The minimum Gasteiger partial charge on any atom is -0.506 e. The molecule has 6 aliphatic rings. The average Bonchev–Trinajstić information content (AvgIpc) is 3.12. The predicted octanol–water partition coefficient (Wildman–Crippen LogP) is 7.24. The first-order valence-corrected chi connectivity index (χ1v) is 16.2. The summed E-state index contributed by atoms with van der Waals surface area (Å²) in [6.07, 6.45) is 13.4. The lowest BCUT2D eigenvalue weighted by Crippen LogP contribution is -2.72. The first kappa shape index (κ1) is 32.0. The summed E-state index contributed by atoms with van der Waals surface area (Å²) in [5, 5.41) is 21.4. The second-order valence-corrected chi connectivity index (χ2v) is 14.8. The van der Waals surface area contributed by atoms with Gasteiger partial charge in [0.1, 0.15) is 28.4 Å². The number of aliphatic carboxylic acids is 1. The fourth-order valence-corrected chi connectivity index (χ4v) is 8.17. The average molecular weight is 629 g/mol. The molecule has 1 saturated carbocycles. The highest BCUT2D eigenvalue weighted by atomic mass is 16.6. The number of Topliss-reactive ketones (excluding diaryl/α,β-unsaturated/α-hetero) is 2. The molecule has 5 atom stereocenters. The normalized spacial score (nSPS) is 31.2. The summed E-state index contributed by atoms with van der Waals surface area (Å²) in [4.78, 5) is 40.8. The van der Waals surface area contributed by atoms with Crippen LogP contribution in [0, 0.1) is 11.8 Å². The number of fused-ring (bicyclic) bond motifs is 2. The number of carbonyl (C=O) groups is 3. The van der Waals surface area contributed by atoms with Gasteiger partial charge in [-0.2, -0.15) is 0 Å². The minimum absolute atomic E-state index is 0.0544. The molecule has 3 aliphatic heterocycles. The molecule has 3 heterocycles. The maximum absolute atomic E-state index is 14.7. The first-order chi connectivity index (χ1) is 21.5. The Morgan fingerprint density at radius 1 is 1.00 bits per heavy atom. The van der Waals surface area contributed by atoms with E-state index in [2.05, 4.69) is 19.9 Å². The fraction of sp³-hybridized carbons (Fsp3) is 0.500. The molecule has 46 heavy (non-hydrogen) atoms. The summed E-state index contributed by atoms with van der Waals surface area (Å²) >= 11 is 0. The third-order valence-electron chi connectivity index (χ3n) is 10.5. The van der Waals surface area contributed by atoms with Gasteiger partial charge in [0, 0.05) is 35.0 Å². The van der Waals surface area contributed by atoms with Gasteiger partial charge < -0.3 is 24.4 Å². The van der Waals surface area contributed by atoms with Gasteiger partial charge >= 0.3 is 5.97 Å². The molecule has 4 bridgehead atoms. The summed E-state index contributed by atoms with van der Waals surface area (Å²) in [6.45, 7) is 15.4. The van der Waals surface area contributed by atoms with Gasteiger partial charge in [0.2, 0.25) is 0 Å². The Balaban J connectivity index is 1.59. The van der Waals surface area contributed by atoms with E-state index in [0.717, 1.165) is 12.0 Å². The maximum atomic E-state index is 14.7. The number of rotatable bonds is 8. The van der Waals surface area contributed by atoms with E-state index in [4.69, 9.17) is 14.2 Å². The van der Waals surface area contributed by atoms with E-state index in [0.29, 0.717) is 41.7 Å². The Morgan fingerprint density at radius 3 is 2.35 bits per heavy atom. The highest BCUT2D eigenvalue weighted by Crippen LogP contribution is 2.68. The number of ether oxygens (including phenoxy) is 3. The smallest absolute Gasteiger partial charge is 0.330 e. The van der Waals surface area contributed by atoms with Gasteiger partial charge in [-0.05, 0) is 93.2 Å². The van der Waals surface area contributed by atoms with Crippen molar-refractivity contribution in [3.63, 3.8) is 0 Å². The second-order valence-electron chi connectivity index (χ2n) is 14.8. The van der Waals surface area contributed by atoms with E-state index >= 15 is 0 Å². The molecule has 2 fully saturated rings. The molecule has 7 rings (SSSR count). The van der Waals surface area contributed by atoms with Crippen molar-refractivity contribution in [3.05, 3.63) is 69.4 Å². The van der Waals surface area contributed by atoms with Crippen LogP contribution in [0.5, 0.6) is 17.2 Å². The Kier molecular flexibility index (Phi) is 7.36. The summed E-state index contributed by atoms with van der Waals surface area (Å²) in [7, 11) is 0. The molecule has 244 valence electrons. The number of carbonyl (C=O) groups excluding carboxylic acids is 2. The van der Waals surface area contributed by atoms with Crippen molar-refractivity contribution in [1.29, 1.82) is 0 Å². The van der Waals surface area contributed by atoms with Crippen molar-refractivity contribution in [2.45, 2.75) is 110 Å². The molecule has 8 heteroatoms. The Morgan fingerprint density at radius 2 is 1.70 bits per heavy atom. The monoisotopic (exact) mass is 628 g/mol. The van der Waals surface area contributed by atoms with Gasteiger partial charge in [0.15, 0.2) is 22.8 Å². The lowest BCUT2D eigenvalue weighted by molar-refractivity contribution is -0.171. The van der Waals surface area contributed by atoms with Crippen molar-refractivity contribution in [2.24, 2.45) is 11.8 Å². The van der Waals surface area contributed by atoms with E-state index in [1.54, 1.807) is 6.08 Å². The molecule has 1 aromatic carbocycles. The lowest BCUT2D eigenvalue weighted by atomic mass is 9.51. The number of carboxylic acid groups (broad SMARTS) is 1. The van der Waals surface area contributed by atoms with E-state index in [9.17, 15) is 24.6 Å². The predicted molar refractivity (Wildman–Crippen MR) is 174 cm³/mol. The summed E-state index contributed by atoms with van der Waals surface area (Å²) in [5.41, 5.74) is -0.952. The highest BCUT2D eigenvalue weighted by Gasteiger charge is 2.81. The summed E-state index contributed by atoms with van der Waals surface area (Å²) in [6, 6.07) is 0. The van der Waals surface area contributed by atoms with Gasteiger partial charge in [-0.25, -0.2) is 4.79 Å². The number of phenolic OH excluding ortho intramolecular Hbond substituents is 1. The van der Waals surface area contributed by atoms with Crippen LogP contribution < -0.4 is 9.47 Å². The molecule has 0 unspecified atom stereocenters. The van der Waals surface area contributed by atoms with E-state index in [1.807, 2.05) is 52.8 Å². The van der Waals surface area contributed by atoms with Gasteiger partial charge in [-0.15, -0.1) is 0 Å². The van der Waals surface area contributed by atoms with Crippen LogP contribution >= 0.6 is 0 Å². The Bertz CT molecular complexity index is 1730. The van der Waals surface area contributed by atoms with Crippen LogP contribution in [0.2, 0.25) is 0 Å². The number of hydrogen-bond donors (Lipinski definition) is 2. The van der Waals surface area contributed by atoms with Crippen molar-refractivity contribution < 1.29 is 38.8 Å². The van der Waals surface area contributed by atoms with Crippen molar-refractivity contribution in [1.82, 2.24) is 0 Å². The van der Waals surface area contributed by atoms with Crippen LogP contribution in [-0.4, -0.2) is 50.2 Å². The molecule has 0 amide bonds. The topological polar surface area (TPSA) is 119 Å². The van der Waals surface area contributed by atoms with Crippen molar-refractivity contribution in [2.75, 3.05) is 0 Å². The molecule has 0 radical (unpaired) electrons. The molecule has 1 aromatic rings. The summed E-state index contributed by atoms with van der Waals surface area (Å²) < 4.78 is 20.6. The standard InChI is InChI=1S/C38H44O8/c1-20(2)10-9-15-36(8)16-14-24-29(39)28-30(40)26-18-23-19-27-35(6,7)46-37(33(23)41,17-13-22(5)34(42)43)38(26,27)45-32(28)25(31(24)44-36)12-11-21(3)4/h10-11,13-14,16,18,23,27,39H,9,12,15,17,19H2,1-8H3,(H,42,43)/b22-13-/t23-,27-,36+,37-,38+/m0/s1. The number of aromatic hydroxyl groups is 1. The number of benzene rings is 1. The number of ketones is 2. The first-order valence-electron chi connectivity index (χ1n) is 16.2. The zero-order chi connectivity index (χ0) is 33.6. The zero-order valence-electron chi connectivity index (χ0n) is 28.0. The third-order valence-corrected chi connectivity index (χ3v) is 10.5. The third kappa shape index (κ3) is 4.47. The molecule has 3 aliphatic carbocycles. The fourth-order valence-electron chi connectivity index (χ4n) is 8.17. The molecule has 0 aromatic heterocycles. The maximum Gasteiger partial charge on any atom is 0.330 e. The van der Waals surface area contributed by atoms with Crippen LogP contribution in [-0.2, 0) is 20.7 Å². The van der Waals surface area contributed by atoms with Crippen LogP contribution in [0.25, 0.3) is 6.08 Å². The number of allylic oxidation sites excluding steroid dienone is 5. The largest absolute Gasteiger partial charge is 0.506 e. The SMILES string of the molecule is CC(C)=CCC[C@]1(C)C=Cc2c(O)c3c(c(CC=C(C)C)c2O1)O[C@]12C(=C[C@H]4C[C@H]1C(C)(C)O[C@@]2(C/C=C(/C)C(=O)O)C4=O)C3=O. The zero-order valence-corrected chi connectivity index (χ0v) is 28.0. The van der Waals surface area contributed by atoms with E-state index in [-0.39, 0.29) is 40.8 Å². The van der Waals surface area contributed by atoms with Crippen LogP contribution in [0.4, 0.5) is 0 Å². The molecule has 8 nitrogen and oxygen atoms in total. The number of hydrogen-bond acceptors (Lipinski definition) is 7. The molecular formula is C38H44O8. The Hall–Kier alpha value is -3.91. The summed E-state index contributed by atoms with van der Waals surface area (Å²) in [5.74, 6) is -2.28. The van der Waals surface area contributed by atoms with Gasteiger partial charge in [-0.3, -0.25) is 9.59 Å². The van der Waals surface area contributed by atoms with Crippen LogP contribution in [0.1, 0.15) is 103 Å². The van der Waals surface area contributed by atoms with E-state index < -0.39 is 40.1 Å². The number of phenols is 1. The van der Waals surface area contributed by atoms with Crippen molar-refractivity contribution >= 4 is 23.6 Å². The van der Waals surface area contributed by atoms with Crippen molar-refractivity contribution in [3.8, 4) is 17.2 Å². The highest BCUT2D eigenvalue weighted by molar-refractivity contribution is 6.19. The minimum atomic E-state index is -1.63. The second kappa shape index (κ2) is 10.6. The van der Waals surface area contributed by atoms with E-state index in [1.165, 1.54) is 18.6 Å². The molecule has 1 saturated heterocycles. The molecular weight excluding hydrogens is 584 g/mol. The van der Waals surface area contributed by atoms with Gasteiger partial charge in [0.25, 0.3) is 0 Å². The number of carboxylic acids is 1. The molecule has 1 spiro atoms. The Labute approximate surface area is 270 Å². The van der Waals surface area contributed by atoms with Gasteiger partial charge in [-0.1, -0.05) is 35.5 Å². The van der Waals surface area contributed by atoms with Gasteiger partial charge in [0.05, 0.1) is 11.2 Å². The lowest BCUT2D eigenvalue weighted by Gasteiger charge is -2.56. The van der Waals surface area contributed by atoms with Crippen LogP contribution in [0.3, 0.4) is 0 Å². The quantitative estimate of drug-likeness (QED) is 0.228. The van der Waals surface area contributed by atoms with Crippen LogP contribution in [0.15, 0.2) is 52.7 Å².